The number of carboxylic acids is 1. The second kappa shape index (κ2) is 4.28. The van der Waals surface area contributed by atoms with Crippen LogP contribution in [0.15, 0.2) is 41.1 Å². The molecule has 2 aromatic heterocycles. The lowest BCUT2D eigenvalue weighted by atomic mass is 10.1. The van der Waals surface area contributed by atoms with Gasteiger partial charge in [0.1, 0.15) is 5.58 Å². The third kappa shape index (κ3) is 1.99. The summed E-state index contributed by atoms with van der Waals surface area (Å²) in [4.78, 5) is 11.3. The van der Waals surface area contributed by atoms with Crippen LogP contribution in [0.25, 0.3) is 11.0 Å². The summed E-state index contributed by atoms with van der Waals surface area (Å²) in [6, 6.07) is 7.30. The number of nitrogens with zero attached hydrogens (tertiary/aromatic N) is 2. The lowest BCUT2D eigenvalue weighted by Crippen LogP contribution is -2.05. The number of aromatic nitrogens is 2. The maximum absolute atomic E-state index is 11.3. The van der Waals surface area contributed by atoms with E-state index in [1.807, 2.05) is 31.3 Å². The van der Waals surface area contributed by atoms with E-state index in [2.05, 4.69) is 5.10 Å². The molecule has 1 N–H and O–H groups in total. The molecule has 0 bridgehead atoms. The highest BCUT2D eigenvalue weighted by Gasteiger charge is 2.19. The number of furan rings is 1. The Balaban J connectivity index is 2.14. The molecular weight excluding hydrogens is 244 g/mol. The molecule has 0 aliphatic rings. The van der Waals surface area contributed by atoms with Gasteiger partial charge in [-0.15, -0.1) is 0 Å². The molecule has 2 heterocycles. The van der Waals surface area contributed by atoms with Crippen LogP contribution < -0.4 is 0 Å². The normalized spacial score (nSPS) is 11.0. The molecule has 5 nitrogen and oxygen atoms in total. The molecule has 5 heteroatoms. The van der Waals surface area contributed by atoms with Gasteiger partial charge in [0.25, 0.3) is 0 Å². The van der Waals surface area contributed by atoms with Crippen LogP contribution in [-0.2, 0) is 6.54 Å². The number of para-hydroxylation sites is 1. The Hall–Kier alpha value is -2.56. The van der Waals surface area contributed by atoms with Gasteiger partial charge in [-0.1, -0.05) is 18.2 Å². The standard InChI is InChI=1S/C14H12N2O3/c1-9-6-15-16(7-9)8-11-10-4-2-3-5-12(10)19-13(11)14(17)18/h2-7H,8H2,1H3,(H,17,18). The smallest absolute Gasteiger partial charge is 0.372 e. The Morgan fingerprint density at radius 3 is 2.89 bits per heavy atom. The van der Waals surface area contributed by atoms with Crippen molar-refractivity contribution in [3.8, 4) is 0 Å². The molecule has 0 fully saturated rings. The first-order chi connectivity index (χ1) is 9.15. The van der Waals surface area contributed by atoms with E-state index < -0.39 is 5.97 Å². The fraction of sp³-hybridized carbons (Fsp3) is 0.143. The minimum absolute atomic E-state index is 0.0191. The van der Waals surface area contributed by atoms with Crippen LogP contribution in [0.3, 0.4) is 0 Å². The second-order valence-electron chi connectivity index (χ2n) is 4.43. The molecule has 3 rings (SSSR count). The molecule has 1 aromatic carbocycles. The molecule has 0 radical (unpaired) electrons. The molecule has 0 spiro atoms. The fourth-order valence-electron chi connectivity index (χ4n) is 2.14. The summed E-state index contributed by atoms with van der Waals surface area (Å²) in [5, 5.41) is 14.2. The molecule has 96 valence electrons. The number of carboxylic acid groups (broad SMARTS) is 1. The van der Waals surface area contributed by atoms with E-state index >= 15 is 0 Å². The van der Waals surface area contributed by atoms with Crippen LogP contribution in [0, 0.1) is 6.92 Å². The van der Waals surface area contributed by atoms with Crippen LogP contribution in [0.1, 0.15) is 21.7 Å². The Morgan fingerprint density at radius 2 is 2.21 bits per heavy atom. The molecule has 0 atom stereocenters. The highest BCUT2D eigenvalue weighted by molar-refractivity contribution is 5.95. The first-order valence-corrected chi connectivity index (χ1v) is 5.88. The molecule has 3 aromatic rings. The highest BCUT2D eigenvalue weighted by atomic mass is 16.4. The van der Waals surface area contributed by atoms with E-state index in [1.54, 1.807) is 16.9 Å². The summed E-state index contributed by atoms with van der Waals surface area (Å²) in [6.07, 6.45) is 3.61. The number of carbonyl (C=O) groups is 1. The largest absolute Gasteiger partial charge is 0.475 e. The topological polar surface area (TPSA) is 68.3 Å². The Labute approximate surface area is 109 Å². The molecule has 0 saturated heterocycles. The van der Waals surface area contributed by atoms with Crippen molar-refractivity contribution in [3.05, 3.63) is 53.5 Å². The minimum Gasteiger partial charge on any atom is -0.475 e. The van der Waals surface area contributed by atoms with Crippen molar-refractivity contribution in [3.63, 3.8) is 0 Å². The van der Waals surface area contributed by atoms with Gasteiger partial charge in [0, 0.05) is 17.1 Å². The van der Waals surface area contributed by atoms with Gasteiger partial charge < -0.3 is 9.52 Å². The van der Waals surface area contributed by atoms with E-state index in [0.717, 1.165) is 10.9 Å². The van der Waals surface area contributed by atoms with Crippen LogP contribution in [-0.4, -0.2) is 20.9 Å². The Kier molecular flexibility index (Phi) is 2.59. The van der Waals surface area contributed by atoms with Gasteiger partial charge in [-0.2, -0.15) is 5.10 Å². The van der Waals surface area contributed by atoms with Crippen LogP contribution in [0.4, 0.5) is 0 Å². The molecule has 0 amide bonds. The maximum atomic E-state index is 11.3. The number of hydrogen-bond acceptors (Lipinski definition) is 3. The zero-order chi connectivity index (χ0) is 13.4. The molecule has 0 saturated carbocycles. The lowest BCUT2D eigenvalue weighted by Gasteiger charge is -2.00. The fourth-order valence-corrected chi connectivity index (χ4v) is 2.14. The monoisotopic (exact) mass is 256 g/mol. The van der Waals surface area contributed by atoms with Crippen molar-refractivity contribution in [1.29, 1.82) is 0 Å². The summed E-state index contributed by atoms with van der Waals surface area (Å²) in [7, 11) is 0. The van der Waals surface area contributed by atoms with Gasteiger partial charge in [0.05, 0.1) is 12.7 Å². The third-order valence-corrected chi connectivity index (χ3v) is 2.97. The van der Waals surface area contributed by atoms with E-state index in [1.165, 1.54) is 0 Å². The number of hydrogen-bond donors (Lipinski definition) is 1. The zero-order valence-corrected chi connectivity index (χ0v) is 10.3. The predicted octanol–water partition coefficient (Wildman–Crippen LogP) is 2.68. The first-order valence-electron chi connectivity index (χ1n) is 5.88. The van der Waals surface area contributed by atoms with Crippen molar-refractivity contribution in [2.45, 2.75) is 13.5 Å². The number of aryl methyl sites for hydroxylation is 1. The molecule has 0 aliphatic heterocycles. The van der Waals surface area contributed by atoms with Crippen molar-refractivity contribution in [2.24, 2.45) is 0 Å². The van der Waals surface area contributed by atoms with Crippen LogP contribution >= 0.6 is 0 Å². The van der Waals surface area contributed by atoms with Crippen LogP contribution in [0.2, 0.25) is 0 Å². The molecular formula is C14H12N2O3. The number of aromatic carboxylic acids is 1. The van der Waals surface area contributed by atoms with Gasteiger partial charge in [-0.25, -0.2) is 4.79 Å². The SMILES string of the molecule is Cc1cnn(Cc2c(C(=O)O)oc3ccccc23)c1. The summed E-state index contributed by atoms with van der Waals surface area (Å²) in [5.41, 5.74) is 2.26. The lowest BCUT2D eigenvalue weighted by molar-refractivity contribution is 0.0663. The van der Waals surface area contributed by atoms with Gasteiger partial charge >= 0.3 is 5.97 Å². The summed E-state index contributed by atoms with van der Waals surface area (Å²) in [6.45, 7) is 2.32. The van der Waals surface area contributed by atoms with E-state index in [4.69, 9.17) is 4.42 Å². The predicted molar refractivity (Wildman–Crippen MR) is 69.2 cm³/mol. The minimum atomic E-state index is -1.06. The first kappa shape index (κ1) is 11.5. The van der Waals surface area contributed by atoms with Gasteiger partial charge in [0.2, 0.25) is 5.76 Å². The Bertz CT molecular complexity index is 755. The van der Waals surface area contributed by atoms with Crippen molar-refractivity contribution in [1.82, 2.24) is 9.78 Å². The summed E-state index contributed by atoms with van der Waals surface area (Å²) >= 11 is 0. The third-order valence-electron chi connectivity index (χ3n) is 2.97. The van der Waals surface area contributed by atoms with E-state index in [9.17, 15) is 9.90 Å². The van der Waals surface area contributed by atoms with Crippen LogP contribution in [0.5, 0.6) is 0 Å². The zero-order valence-electron chi connectivity index (χ0n) is 10.3. The Morgan fingerprint density at radius 1 is 1.42 bits per heavy atom. The number of rotatable bonds is 3. The van der Waals surface area contributed by atoms with Crippen molar-refractivity contribution in [2.75, 3.05) is 0 Å². The number of fused-ring (bicyclic) bond motifs is 1. The van der Waals surface area contributed by atoms with E-state index in [-0.39, 0.29) is 5.76 Å². The van der Waals surface area contributed by atoms with Gasteiger partial charge in [-0.05, 0) is 18.6 Å². The maximum Gasteiger partial charge on any atom is 0.372 e. The van der Waals surface area contributed by atoms with Crippen molar-refractivity contribution < 1.29 is 14.3 Å². The van der Waals surface area contributed by atoms with Crippen molar-refractivity contribution >= 4 is 16.9 Å². The average Bonchev–Trinajstić information content (AvgIpc) is 2.95. The quantitative estimate of drug-likeness (QED) is 0.782. The summed E-state index contributed by atoms with van der Waals surface area (Å²) < 4.78 is 7.11. The summed E-state index contributed by atoms with van der Waals surface area (Å²) in [5.74, 6) is -1.08. The highest BCUT2D eigenvalue weighted by Crippen LogP contribution is 2.26. The molecule has 0 aliphatic carbocycles. The average molecular weight is 256 g/mol. The van der Waals surface area contributed by atoms with Gasteiger partial charge in [-0.3, -0.25) is 4.68 Å². The van der Waals surface area contributed by atoms with E-state index in [0.29, 0.717) is 17.7 Å². The second-order valence-corrected chi connectivity index (χ2v) is 4.43. The van der Waals surface area contributed by atoms with Gasteiger partial charge in [0.15, 0.2) is 0 Å². The molecule has 19 heavy (non-hydrogen) atoms. The number of benzene rings is 1. The molecule has 0 unspecified atom stereocenters.